The number of anilines is 1. The maximum atomic E-state index is 5.59. The van der Waals surface area contributed by atoms with Gasteiger partial charge in [0.15, 0.2) is 4.73 Å². The van der Waals surface area contributed by atoms with Crippen LogP contribution in [0.25, 0.3) is 0 Å². The molecule has 2 heterocycles. The largest absolute Gasteiger partial charge is 0.336 e. The summed E-state index contributed by atoms with van der Waals surface area (Å²) in [6.45, 7) is 1.70. The van der Waals surface area contributed by atoms with Crippen LogP contribution in [0.1, 0.15) is 0 Å². The molecule has 0 unspecified atom stereocenters. The topological polar surface area (TPSA) is 70.8 Å². The van der Waals surface area contributed by atoms with E-state index >= 15 is 0 Å². The van der Waals surface area contributed by atoms with Crippen LogP contribution in [0.3, 0.4) is 0 Å². The van der Waals surface area contributed by atoms with Crippen LogP contribution in [0.4, 0.5) is 5.95 Å². The first-order valence-electron chi connectivity index (χ1n) is 3.34. The summed E-state index contributed by atoms with van der Waals surface area (Å²) in [5, 5.41) is 6.67. The van der Waals surface area contributed by atoms with Gasteiger partial charge in [-0.1, -0.05) is 0 Å². The lowest BCUT2D eigenvalue weighted by molar-refractivity contribution is 0.509. The molecule has 6 heteroatoms. The molecule has 1 aromatic heterocycles. The molecule has 5 nitrogen and oxygen atoms in total. The van der Waals surface area contributed by atoms with Crippen molar-refractivity contribution in [1.29, 1.82) is 0 Å². The lowest BCUT2D eigenvalue weighted by Crippen LogP contribution is -2.56. The van der Waals surface area contributed by atoms with Crippen LogP contribution in [0, 0.1) is 0 Å². The number of H-pyrrole nitrogens is 1. The van der Waals surface area contributed by atoms with E-state index in [4.69, 9.17) is 5.73 Å². The van der Waals surface area contributed by atoms with Gasteiger partial charge in [-0.3, -0.25) is 5.10 Å². The minimum atomic E-state index is 0.285. The van der Waals surface area contributed by atoms with Crippen molar-refractivity contribution in [3.63, 3.8) is 0 Å². The van der Waals surface area contributed by atoms with Crippen molar-refractivity contribution in [2.45, 2.75) is 6.04 Å². The maximum absolute atomic E-state index is 5.59. The van der Waals surface area contributed by atoms with E-state index in [9.17, 15) is 0 Å². The first-order valence-corrected chi connectivity index (χ1v) is 4.13. The highest BCUT2D eigenvalue weighted by atomic mass is 79.9. The van der Waals surface area contributed by atoms with Gasteiger partial charge in [-0.15, -0.1) is 5.10 Å². The molecule has 11 heavy (non-hydrogen) atoms. The van der Waals surface area contributed by atoms with Gasteiger partial charge in [0, 0.05) is 19.1 Å². The predicted molar refractivity (Wildman–Crippen MR) is 44.3 cm³/mol. The van der Waals surface area contributed by atoms with Gasteiger partial charge < -0.3 is 10.6 Å². The molecule has 0 radical (unpaired) electrons. The lowest BCUT2D eigenvalue weighted by atomic mass is 10.1. The monoisotopic (exact) mass is 217 g/mol. The Balaban J connectivity index is 2.07. The zero-order valence-corrected chi connectivity index (χ0v) is 7.37. The Kier molecular flexibility index (Phi) is 1.57. The highest BCUT2D eigenvalue weighted by molar-refractivity contribution is 9.10. The molecular weight excluding hydrogens is 210 g/mol. The average molecular weight is 218 g/mol. The summed E-state index contributed by atoms with van der Waals surface area (Å²) in [5.41, 5.74) is 5.59. The van der Waals surface area contributed by atoms with E-state index in [2.05, 4.69) is 31.1 Å². The highest BCUT2D eigenvalue weighted by Crippen LogP contribution is 2.15. The molecule has 0 aliphatic carbocycles. The molecule has 0 bridgehead atoms. The summed E-state index contributed by atoms with van der Waals surface area (Å²) in [4.78, 5) is 6.11. The number of halogens is 1. The minimum Gasteiger partial charge on any atom is -0.336 e. The summed E-state index contributed by atoms with van der Waals surface area (Å²) < 4.78 is 0.660. The molecule has 1 aliphatic heterocycles. The number of rotatable bonds is 1. The molecule has 0 atom stereocenters. The summed E-state index contributed by atoms with van der Waals surface area (Å²) in [6.07, 6.45) is 0. The summed E-state index contributed by atoms with van der Waals surface area (Å²) in [7, 11) is 0. The van der Waals surface area contributed by atoms with E-state index in [1.54, 1.807) is 0 Å². The Morgan fingerprint density at radius 1 is 1.64 bits per heavy atom. The highest BCUT2D eigenvalue weighted by Gasteiger charge is 2.25. The van der Waals surface area contributed by atoms with Gasteiger partial charge in [0.05, 0.1) is 0 Å². The SMILES string of the molecule is NC1CN(c2n[nH]c(Br)n2)C1. The van der Waals surface area contributed by atoms with E-state index in [0.29, 0.717) is 4.73 Å². The number of aromatic nitrogens is 3. The summed E-state index contributed by atoms with van der Waals surface area (Å²) in [6, 6.07) is 0.285. The van der Waals surface area contributed by atoms with E-state index in [-0.39, 0.29) is 6.04 Å². The van der Waals surface area contributed by atoms with Crippen LogP contribution in [0.2, 0.25) is 0 Å². The number of nitrogens with two attached hydrogens (primary N) is 1. The predicted octanol–water partition coefficient (Wildman–Crippen LogP) is -0.286. The fraction of sp³-hybridized carbons (Fsp3) is 0.600. The maximum Gasteiger partial charge on any atom is 0.245 e. The molecule has 2 rings (SSSR count). The Morgan fingerprint density at radius 3 is 2.82 bits per heavy atom. The zero-order chi connectivity index (χ0) is 7.84. The van der Waals surface area contributed by atoms with Crippen molar-refractivity contribution in [3.8, 4) is 0 Å². The van der Waals surface area contributed by atoms with E-state index in [0.717, 1.165) is 19.0 Å². The van der Waals surface area contributed by atoms with Crippen LogP contribution in [-0.4, -0.2) is 34.3 Å². The van der Waals surface area contributed by atoms with Crippen LogP contribution in [0.5, 0.6) is 0 Å². The Bertz CT molecular complexity index is 253. The fourth-order valence-electron chi connectivity index (χ4n) is 1.05. The third kappa shape index (κ3) is 1.23. The number of nitrogens with zero attached hydrogens (tertiary/aromatic N) is 3. The van der Waals surface area contributed by atoms with Gasteiger partial charge in [0.25, 0.3) is 0 Å². The third-order valence-electron chi connectivity index (χ3n) is 1.64. The molecule has 1 aliphatic rings. The van der Waals surface area contributed by atoms with Crippen molar-refractivity contribution in [1.82, 2.24) is 15.2 Å². The van der Waals surface area contributed by atoms with Crippen molar-refractivity contribution >= 4 is 21.9 Å². The molecule has 0 amide bonds. The molecule has 3 N–H and O–H groups in total. The van der Waals surface area contributed by atoms with Gasteiger partial charge >= 0.3 is 0 Å². The van der Waals surface area contributed by atoms with Gasteiger partial charge in [-0.25, -0.2) is 0 Å². The summed E-state index contributed by atoms with van der Waals surface area (Å²) in [5.74, 6) is 0.721. The zero-order valence-electron chi connectivity index (χ0n) is 5.79. The second-order valence-corrected chi connectivity index (χ2v) is 3.34. The lowest BCUT2D eigenvalue weighted by Gasteiger charge is -2.35. The number of nitrogens with one attached hydrogen (secondary N) is 1. The third-order valence-corrected chi connectivity index (χ3v) is 1.99. The normalized spacial score (nSPS) is 18.5. The molecule has 1 aromatic rings. The summed E-state index contributed by atoms with van der Waals surface area (Å²) >= 11 is 3.18. The van der Waals surface area contributed by atoms with E-state index in [1.807, 2.05) is 4.90 Å². The second-order valence-electron chi connectivity index (χ2n) is 2.59. The minimum absolute atomic E-state index is 0.285. The molecule has 60 valence electrons. The second kappa shape index (κ2) is 2.46. The Hall–Kier alpha value is -0.620. The Labute approximate surface area is 72.1 Å². The van der Waals surface area contributed by atoms with Crippen molar-refractivity contribution in [2.24, 2.45) is 5.73 Å². The van der Waals surface area contributed by atoms with Crippen molar-refractivity contribution in [3.05, 3.63) is 4.73 Å². The number of aromatic amines is 1. The van der Waals surface area contributed by atoms with Crippen molar-refractivity contribution in [2.75, 3.05) is 18.0 Å². The van der Waals surface area contributed by atoms with Gasteiger partial charge in [0.2, 0.25) is 5.95 Å². The smallest absolute Gasteiger partial charge is 0.245 e. The number of hydrogen-bond acceptors (Lipinski definition) is 4. The van der Waals surface area contributed by atoms with Crippen LogP contribution in [0.15, 0.2) is 4.73 Å². The molecule has 0 aromatic carbocycles. The van der Waals surface area contributed by atoms with Crippen molar-refractivity contribution < 1.29 is 0 Å². The number of hydrogen-bond donors (Lipinski definition) is 2. The van der Waals surface area contributed by atoms with Crippen LogP contribution in [-0.2, 0) is 0 Å². The first-order chi connectivity index (χ1) is 5.25. The Morgan fingerprint density at radius 2 is 2.36 bits per heavy atom. The molecule has 1 fully saturated rings. The molecule has 1 saturated heterocycles. The first kappa shape index (κ1) is 7.05. The molecule has 0 spiro atoms. The van der Waals surface area contributed by atoms with Gasteiger partial charge in [-0.2, -0.15) is 4.98 Å². The van der Waals surface area contributed by atoms with Gasteiger partial charge in [0.1, 0.15) is 0 Å². The standard InChI is InChI=1S/C5H8BrN5/c6-4-8-5(10-9-4)11-1-3(7)2-11/h3H,1-2,7H2,(H,8,9,10). The van der Waals surface area contributed by atoms with Crippen LogP contribution >= 0.6 is 15.9 Å². The molecule has 0 saturated carbocycles. The fourth-order valence-corrected chi connectivity index (χ4v) is 1.30. The van der Waals surface area contributed by atoms with E-state index in [1.165, 1.54) is 0 Å². The average Bonchev–Trinajstić information content (AvgIpc) is 2.29. The molecular formula is C5H8BrN5. The van der Waals surface area contributed by atoms with Crippen LogP contribution < -0.4 is 10.6 Å². The van der Waals surface area contributed by atoms with E-state index < -0.39 is 0 Å². The van der Waals surface area contributed by atoms with Gasteiger partial charge in [-0.05, 0) is 15.9 Å². The quantitative estimate of drug-likeness (QED) is 0.679.